The first-order valence-electron chi connectivity index (χ1n) is 26.0. The molecule has 0 spiro atoms. The average molecular weight is 990 g/mol. The van der Waals surface area contributed by atoms with Crippen LogP contribution in [0.15, 0.2) is 146 Å². The van der Waals surface area contributed by atoms with E-state index in [1.54, 1.807) is 4.68 Å². The van der Waals surface area contributed by atoms with Gasteiger partial charge >= 0.3 is 0 Å². The molecule has 74 heavy (non-hydrogen) atoms. The largest absolute Gasteiger partial charge is 0.489 e. The van der Waals surface area contributed by atoms with Crippen LogP contribution >= 0.6 is 0 Å². The van der Waals surface area contributed by atoms with Crippen molar-refractivity contribution in [2.24, 2.45) is 13.0 Å². The van der Waals surface area contributed by atoms with Crippen LogP contribution in [-0.2, 0) is 41.2 Å². The molecule has 0 saturated carbocycles. The number of carbonyl (C=O) groups excluding carboxylic acids is 3. The Bertz CT molecular complexity index is 3260. The predicted molar refractivity (Wildman–Crippen MR) is 288 cm³/mol. The molecule has 1 atom stereocenters. The van der Waals surface area contributed by atoms with Crippen molar-refractivity contribution in [3.05, 3.63) is 174 Å². The number of carbonyl (C=O) groups is 3. The van der Waals surface area contributed by atoms with E-state index < -0.39 is 5.92 Å². The number of hydrogen-bond donors (Lipinski definition) is 1. The summed E-state index contributed by atoms with van der Waals surface area (Å²) in [4.78, 5) is 44.5. The summed E-state index contributed by atoms with van der Waals surface area (Å²) in [6, 6.07) is 50.2. The highest BCUT2D eigenvalue weighted by Gasteiger charge is 2.32. The molecule has 2 aromatic heterocycles. The lowest BCUT2D eigenvalue weighted by molar-refractivity contribution is -0.135. The first kappa shape index (κ1) is 48.4. The molecule has 1 unspecified atom stereocenters. The van der Waals surface area contributed by atoms with Gasteiger partial charge in [0.05, 0.1) is 22.8 Å². The smallest absolute Gasteiger partial charge is 0.260 e. The molecule has 0 bridgehead atoms. The van der Waals surface area contributed by atoms with Gasteiger partial charge in [-0.3, -0.25) is 29.3 Å². The maximum atomic E-state index is 13.3. The molecule has 0 radical (unpaired) electrons. The third kappa shape index (κ3) is 10.7. The molecular weight excluding hydrogens is 927 g/mol. The number of aromatic nitrogens is 3. The third-order valence-electron chi connectivity index (χ3n) is 15.2. The molecule has 0 aliphatic carbocycles. The second kappa shape index (κ2) is 21.7. The summed E-state index contributed by atoms with van der Waals surface area (Å²) in [6.45, 7) is 10.1. The zero-order chi connectivity index (χ0) is 50.5. The zero-order valence-electron chi connectivity index (χ0n) is 42.3. The quantitative estimate of drug-likeness (QED) is 0.0944. The standard InChI is InChI=1S/C61H63N7O6/c1-42-54-35-50(73-40-46-11-7-4-8-12-46)22-25-55(54)68(60(42)47-15-19-49(20-16-47)72-39-45-9-5-3-6-10-45)38-43-13-17-48(18-14-43)66-29-27-44(28-30-66)37-65-31-33-67(34-32-65)58(70)41-74-51-21-23-52-56(36-51)64(2)63-59(52)53-24-26-57(69)62-61(53)71/h3-23,25,35-36,44,53H,24,26-34,37-41H2,1-2H3,(H,62,69,71). The number of fused-ring (bicyclic) bond motifs is 2. The van der Waals surface area contributed by atoms with E-state index in [4.69, 9.17) is 14.2 Å². The second-order valence-corrected chi connectivity index (χ2v) is 20.1. The van der Waals surface area contributed by atoms with Gasteiger partial charge in [-0.05, 0) is 127 Å². The normalized spacial score (nSPS) is 16.7. The van der Waals surface area contributed by atoms with Crippen molar-refractivity contribution in [2.45, 2.75) is 58.3 Å². The van der Waals surface area contributed by atoms with Crippen LogP contribution in [0.25, 0.3) is 33.1 Å². The average Bonchev–Trinajstić information content (AvgIpc) is 3.91. The molecule has 11 rings (SSSR count). The molecular formula is C61H63N7O6. The molecule has 8 aromatic rings. The summed E-state index contributed by atoms with van der Waals surface area (Å²) in [5.74, 6) is 1.82. The van der Waals surface area contributed by atoms with Gasteiger partial charge in [-0.25, -0.2) is 0 Å². The SMILES string of the molecule is Cc1c(-c2ccc(OCc3ccccc3)cc2)n(Cc2ccc(N3CCC(CN4CCN(C(=O)COc5ccc6c(C7CCC(=O)NC7=O)nn(C)c6c5)CC4)CC3)cc2)c2ccc(OCc3ccccc3)cc12. The third-order valence-corrected chi connectivity index (χ3v) is 15.2. The summed E-state index contributed by atoms with van der Waals surface area (Å²) in [5, 5.41) is 9.06. The molecule has 3 aliphatic heterocycles. The van der Waals surface area contributed by atoms with Gasteiger partial charge in [-0.15, -0.1) is 0 Å². The van der Waals surface area contributed by atoms with Crippen LogP contribution < -0.4 is 24.4 Å². The Morgan fingerprint density at radius 3 is 1.99 bits per heavy atom. The van der Waals surface area contributed by atoms with Gasteiger partial charge in [0.2, 0.25) is 11.8 Å². The van der Waals surface area contributed by atoms with Gasteiger partial charge in [-0.1, -0.05) is 72.8 Å². The van der Waals surface area contributed by atoms with E-state index in [0.717, 1.165) is 91.2 Å². The van der Waals surface area contributed by atoms with Gasteiger partial charge in [0.1, 0.15) is 30.5 Å². The van der Waals surface area contributed by atoms with Gasteiger partial charge in [0, 0.05) is 93.9 Å². The van der Waals surface area contributed by atoms with Crippen molar-refractivity contribution >= 4 is 45.2 Å². The van der Waals surface area contributed by atoms with E-state index in [1.165, 1.54) is 33.4 Å². The lowest BCUT2D eigenvalue weighted by Crippen LogP contribution is -2.51. The summed E-state index contributed by atoms with van der Waals surface area (Å²) in [5.41, 5.74) is 10.9. The van der Waals surface area contributed by atoms with Crippen molar-refractivity contribution in [3.8, 4) is 28.5 Å². The van der Waals surface area contributed by atoms with E-state index in [1.807, 2.05) is 66.5 Å². The number of piperidine rings is 2. The zero-order valence-corrected chi connectivity index (χ0v) is 42.3. The summed E-state index contributed by atoms with van der Waals surface area (Å²) in [6.07, 6.45) is 2.99. The molecule has 1 N–H and O–H groups in total. The van der Waals surface area contributed by atoms with Crippen molar-refractivity contribution in [1.82, 2.24) is 29.5 Å². The molecule has 3 aliphatic rings. The van der Waals surface area contributed by atoms with E-state index in [9.17, 15) is 14.4 Å². The van der Waals surface area contributed by atoms with Crippen LogP contribution in [0.3, 0.4) is 0 Å². The number of anilines is 1. The first-order chi connectivity index (χ1) is 36.2. The maximum absolute atomic E-state index is 13.3. The number of aryl methyl sites for hydroxylation is 2. The van der Waals surface area contributed by atoms with Gasteiger partial charge in [0.25, 0.3) is 5.91 Å². The van der Waals surface area contributed by atoms with E-state index in [0.29, 0.717) is 56.5 Å². The number of benzene rings is 6. The molecule has 6 aromatic carbocycles. The number of rotatable bonds is 16. The number of piperazine rings is 1. The Balaban J connectivity index is 0.679. The van der Waals surface area contributed by atoms with Gasteiger partial charge in [0.15, 0.2) is 6.61 Å². The van der Waals surface area contributed by atoms with Crippen molar-refractivity contribution in [3.63, 3.8) is 0 Å². The fourth-order valence-corrected chi connectivity index (χ4v) is 11.0. The Morgan fingerprint density at radius 1 is 0.649 bits per heavy atom. The fraction of sp³-hybridized carbons (Fsp3) is 0.311. The highest BCUT2D eigenvalue weighted by molar-refractivity contribution is 6.02. The molecule has 13 heteroatoms. The Hall–Kier alpha value is -7.90. The van der Waals surface area contributed by atoms with Crippen LogP contribution in [-0.4, -0.2) is 94.3 Å². The number of nitrogens with zero attached hydrogens (tertiary/aromatic N) is 6. The van der Waals surface area contributed by atoms with E-state index in [-0.39, 0.29) is 24.3 Å². The number of nitrogens with one attached hydrogen (secondary N) is 1. The highest BCUT2D eigenvalue weighted by atomic mass is 16.5. The molecule has 3 amide bonds. The summed E-state index contributed by atoms with van der Waals surface area (Å²) < 4.78 is 22.7. The molecule has 13 nitrogen and oxygen atoms in total. The second-order valence-electron chi connectivity index (χ2n) is 20.1. The topological polar surface area (TPSA) is 123 Å². The van der Waals surface area contributed by atoms with E-state index >= 15 is 0 Å². The maximum Gasteiger partial charge on any atom is 0.260 e. The highest BCUT2D eigenvalue weighted by Crippen LogP contribution is 2.38. The lowest BCUT2D eigenvalue weighted by Gasteiger charge is -2.39. The van der Waals surface area contributed by atoms with Crippen molar-refractivity contribution in [1.29, 1.82) is 0 Å². The number of hydrogen-bond acceptors (Lipinski definition) is 9. The molecule has 3 saturated heterocycles. The number of amides is 3. The summed E-state index contributed by atoms with van der Waals surface area (Å²) >= 11 is 0. The fourth-order valence-electron chi connectivity index (χ4n) is 11.0. The number of ether oxygens (including phenoxy) is 3. The summed E-state index contributed by atoms with van der Waals surface area (Å²) in [7, 11) is 1.82. The minimum Gasteiger partial charge on any atom is -0.489 e. The van der Waals surface area contributed by atoms with Crippen LogP contribution in [0.2, 0.25) is 0 Å². The molecule has 3 fully saturated rings. The Morgan fingerprint density at radius 2 is 1.30 bits per heavy atom. The Labute approximate surface area is 432 Å². The first-order valence-corrected chi connectivity index (χ1v) is 26.0. The van der Waals surface area contributed by atoms with Crippen LogP contribution in [0.1, 0.15) is 59.5 Å². The van der Waals surface area contributed by atoms with Crippen molar-refractivity contribution in [2.75, 3.05) is 57.3 Å². The van der Waals surface area contributed by atoms with Crippen LogP contribution in [0, 0.1) is 12.8 Å². The van der Waals surface area contributed by atoms with Crippen molar-refractivity contribution < 1.29 is 28.6 Å². The van der Waals surface area contributed by atoms with Gasteiger partial charge < -0.3 is 28.6 Å². The minimum absolute atomic E-state index is 0.0232. The van der Waals surface area contributed by atoms with Crippen LogP contribution in [0.4, 0.5) is 5.69 Å². The lowest BCUT2D eigenvalue weighted by atomic mass is 9.93. The van der Waals surface area contributed by atoms with E-state index in [2.05, 4.69) is 123 Å². The van der Waals surface area contributed by atoms with Gasteiger partial charge in [-0.2, -0.15) is 5.10 Å². The Kier molecular flexibility index (Phi) is 14.2. The van der Waals surface area contributed by atoms with Crippen LogP contribution in [0.5, 0.6) is 17.2 Å². The molecule has 378 valence electrons. The predicted octanol–water partition coefficient (Wildman–Crippen LogP) is 9.67. The minimum atomic E-state index is -0.477. The number of imide groups is 1. The monoisotopic (exact) mass is 989 g/mol. The molecule has 5 heterocycles.